The highest BCUT2D eigenvalue weighted by Crippen LogP contribution is 2.01. The topological polar surface area (TPSA) is 37.4 Å². The molecule has 49 valence electrons. The van der Waals surface area contributed by atoms with Gasteiger partial charge in [-0.3, -0.25) is 14.5 Å². The molecular weight excluding hydrogens is 118 g/mol. The van der Waals surface area contributed by atoms with Crippen molar-refractivity contribution in [2.45, 2.75) is 6.42 Å². The van der Waals surface area contributed by atoms with Gasteiger partial charge in [-0.2, -0.15) is 0 Å². The number of carbonyl (C=O) groups excluding carboxylic acids is 2. The van der Waals surface area contributed by atoms with Crippen molar-refractivity contribution in [3.8, 4) is 0 Å². The molecule has 3 nitrogen and oxygen atoms in total. The van der Waals surface area contributed by atoms with Gasteiger partial charge in [0.1, 0.15) is 5.78 Å². The van der Waals surface area contributed by atoms with Crippen molar-refractivity contribution < 1.29 is 9.59 Å². The Kier molecular flexibility index (Phi) is 1.95. The number of Topliss-reactive ketones (excluding diaryl/α,β-unsaturated/α-hetero) is 1. The Morgan fingerprint density at radius 2 is 2.44 bits per heavy atom. The molecule has 0 N–H and O–H groups in total. The Bertz CT molecular complexity index is 133. The van der Waals surface area contributed by atoms with Crippen LogP contribution >= 0.6 is 0 Å². The normalized spacial score (nSPS) is 20.7. The van der Waals surface area contributed by atoms with E-state index in [1.54, 1.807) is 11.2 Å². The smallest absolute Gasteiger partial charge is 0.213 e. The average molecular weight is 126 g/mol. The van der Waals surface area contributed by atoms with E-state index in [1.165, 1.54) is 0 Å². The van der Waals surface area contributed by atoms with E-state index < -0.39 is 0 Å². The SMILES string of the molecule is O=[C]CN1CCC(=O)C1. The molecule has 1 radical (unpaired) electrons. The molecule has 1 rings (SSSR count). The maximum atomic E-state index is 10.6. The minimum Gasteiger partial charge on any atom is -0.298 e. The van der Waals surface area contributed by atoms with Crippen LogP contribution in [-0.2, 0) is 9.59 Å². The third-order valence-corrected chi connectivity index (χ3v) is 1.39. The van der Waals surface area contributed by atoms with E-state index in [0.29, 0.717) is 13.0 Å². The third kappa shape index (κ3) is 1.61. The van der Waals surface area contributed by atoms with Crippen molar-refractivity contribution in [3.63, 3.8) is 0 Å². The molecule has 1 fully saturated rings. The summed E-state index contributed by atoms with van der Waals surface area (Å²) in [6.07, 6.45) is 2.35. The van der Waals surface area contributed by atoms with Gasteiger partial charge in [0.25, 0.3) is 0 Å². The maximum absolute atomic E-state index is 10.6. The van der Waals surface area contributed by atoms with Gasteiger partial charge < -0.3 is 0 Å². The monoisotopic (exact) mass is 126 g/mol. The molecule has 1 aliphatic rings. The highest BCUT2D eigenvalue weighted by atomic mass is 16.1. The molecule has 0 aromatic rings. The van der Waals surface area contributed by atoms with Crippen LogP contribution in [0.2, 0.25) is 0 Å². The van der Waals surface area contributed by atoms with Crippen LogP contribution in [0.5, 0.6) is 0 Å². The Morgan fingerprint density at radius 1 is 1.67 bits per heavy atom. The van der Waals surface area contributed by atoms with Gasteiger partial charge in [0, 0.05) is 13.0 Å². The van der Waals surface area contributed by atoms with Crippen molar-refractivity contribution in [2.75, 3.05) is 19.6 Å². The first-order valence-electron chi connectivity index (χ1n) is 2.92. The van der Waals surface area contributed by atoms with Crippen LogP contribution in [0.1, 0.15) is 6.42 Å². The van der Waals surface area contributed by atoms with E-state index >= 15 is 0 Å². The molecule has 0 spiro atoms. The van der Waals surface area contributed by atoms with Gasteiger partial charge >= 0.3 is 0 Å². The third-order valence-electron chi connectivity index (χ3n) is 1.39. The summed E-state index contributed by atoms with van der Waals surface area (Å²) in [5, 5.41) is 0. The predicted molar refractivity (Wildman–Crippen MR) is 31.8 cm³/mol. The molecule has 0 atom stereocenters. The van der Waals surface area contributed by atoms with Crippen LogP contribution < -0.4 is 0 Å². The van der Waals surface area contributed by atoms with Crippen molar-refractivity contribution in [3.05, 3.63) is 0 Å². The number of hydrogen-bond acceptors (Lipinski definition) is 3. The van der Waals surface area contributed by atoms with E-state index in [9.17, 15) is 9.59 Å². The van der Waals surface area contributed by atoms with Gasteiger partial charge in [0.2, 0.25) is 6.29 Å². The second kappa shape index (κ2) is 2.73. The molecular formula is C6H8NO2. The van der Waals surface area contributed by atoms with Gasteiger partial charge in [-0.25, -0.2) is 0 Å². The fraction of sp³-hybridized carbons (Fsp3) is 0.667. The fourth-order valence-corrected chi connectivity index (χ4v) is 0.917. The lowest BCUT2D eigenvalue weighted by Crippen LogP contribution is -2.22. The van der Waals surface area contributed by atoms with E-state index in [0.717, 1.165) is 6.54 Å². The Labute approximate surface area is 53.6 Å². The molecule has 0 unspecified atom stereocenters. The van der Waals surface area contributed by atoms with Gasteiger partial charge in [-0.15, -0.1) is 0 Å². The maximum Gasteiger partial charge on any atom is 0.213 e. The number of rotatable bonds is 2. The highest BCUT2D eigenvalue weighted by Gasteiger charge is 2.17. The lowest BCUT2D eigenvalue weighted by atomic mass is 10.4. The molecule has 3 heteroatoms. The van der Waals surface area contributed by atoms with E-state index in [1.807, 2.05) is 0 Å². The molecule has 0 amide bonds. The quantitative estimate of drug-likeness (QED) is 0.494. The zero-order chi connectivity index (χ0) is 6.69. The van der Waals surface area contributed by atoms with Crippen LogP contribution in [-0.4, -0.2) is 36.6 Å². The first kappa shape index (κ1) is 6.42. The Hall–Kier alpha value is -0.700. The number of hydrogen-bond donors (Lipinski definition) is 0. The van der Waals surface area contributed by atoms with E-state index in [4.69, 9.17) is 0 Å². The summed E-state index contributed by atoms with van der Waals surface area (Å²) in [4.78, 5) is 22.1. The molecule has 9 heavy (non-hydrogen) atoms. The summed E-state index contributed by atoms with van der Waals surface area (Å²) in [5.41, 5.74) is 0. The number of likely N-dealkylation sites (tertiary alicyclic amines) is 1. The summed E-state index contributed by atoms with van der Waals surface area (Å²) in [7, 11) is 0. The minimum absolute atomic E-state index is 0.227. The molecule has 0 bridgehead atoms. The van der Waals surface area contributed by atoms with E-state index in [2.05, 4.69) is 0 Å². The summed E-state index contributed by atoms with van der Waals surface area (Å²) in [6, 6.07) is 0. The molecule has 0 aromatic carbocycles. The first-order chi connectivity index (χ1) is 4.33. The number of ketones is 1. The highest BCUT2D eigenvalue weighted by molar-refractivity contribution is 5.82. The number of carbonyl (C=O) groups is 1. The molecule has 1 saturated heterocycles. The molecule has 0 aromatic heterocycles. The van der Waals surface area contributed by atoms with Crippen molar-refractivity contribution in [1.82, 2.24) is 4.90 Å². The largest absolute Gasteiger partial charge is 0.298 e. The van der Waals surface area contributed by atoms with Gasteiger partial charge in [-0.1, -0.05) is 0 Å². The summed E-state index contributed by atoms with van der Waals surface area (Å²) >= 11 is 0. The van der Waals surface area contributed by atoms with Crippen molar-refractivity contribution in [2.24, 2.45) is 0 Å². The van der Waals surface area contributed by atoms with Gasteiger partial charge in [-0.05, 0) is 0 Å². The molecule has 1 heterocycles. The predicted octanol–water partition coefficient (Wildman–Crippen LogP) is -0.629. The Balaban J connectivity index is 2.29. The lowest BCUT2D eigenvalue weighted by Gasteiger charge is -2.05. The standard InChI is InChI=1S/C6H8NO2/c8-4-3-7-2-1-6(9)5-7/h1-3,5H2. The molecule has 0 aliphatic carbocycles. The zero-order valence-electron chi connectivity index (χ0n) is 5.09. The lowest BCUT2D eigenvalue weighted by molar-refractivity contribution is -0.116. The first-order valence-corrected chi connectivity index (χ1v) is 2.92. The second-order valence-corrected chi connectivity index (χ2v) is 2.14. The Morgan fingerprint density at radius 3 is 2.89 bits per heavy atom. The minimum atomic E-state index is 0.227. The van der Waals surface area contributed by atoms with Crippen LogP contribution in [0.15, 0.2) is 0 Å². The molecule has 0 saturated carbocycles. The number of nitrogens with zero attached hydrogens (tertiary/aromatic N) is 1. The van der Waals surface area contributed by atoms with E-state index in [-0.39, 0.29) is 12.3 Å². The van der Waals surface area contributed by atoms with Gasteiger partial charge in [0.05, 0.1) is 13.1 Å². The molecule has 1 aliphatic heterocycles. The average Bonchev–Trinajstić information content (AvgIpc) is 2.17. The van der Waals surface area contributed by atoms with Crippen molar-refractivity contribution in [1.29, 1.82) is 0 Å². The van der Waals surface area contributed by atoms with Crippen LogP contribution in [0.25, 0.3) is 0 Å². The fourth-order valence-electron chi connectivity index (χ4n) is 0.917. The van der Waals surface area contributed by atoms with Crippen molar-refractivity contribution >= 4 is 12.1 Å². The summed E-state index contributed by atoms with van der Waals surface area (Å²) < 4.78 is 0. The van der Waals surface area contributed by atoms with Gasteiger partial charge in [0.15, 0.2) is 0 Å². The summed E-state index contributed by atoms with van der Waals surface area (Å²) in [6.45, 7) is 1.45. The van der Waals surface area contributed by atoms with Crippen LogP contribution in [0.3, 0.4) is 0 Å². The van der Waals surface area contributed by atoms with Crippen LogP contribution in [0.4, 0.5) is 0 Å². The zero-order valence-corrected chi connectivity index (χ0v) is 5.09. The summed E-state index contributed by atoms with van der Waals surface area (Å²) in [5.74, 6) is 0.227. The second-order valence-electron chi connectivity index (χ2n) is 2.14. The van der Waals surface area contributed by atoms with Crippen LogP contribution in [0, 0.1) is 0 Å².